The zero-order chi connectivity index (χ0) is 23.5. The molecule has 2 N–H and O–H groups in total. The van der Waals surface area contributed by atoms with Gasteiger partial charge in [0.1, 0.15) is 22.8 Å². The molecule has 2 aliphatic heterocycles. The van der Waals surface area contributed by atoms with Gasteiger partial charge in [-0.3, -0.25) is 9.59 Å². The first-order valence-corrected chi connectivity index (χ1v) is 11.1. The topological polar surface area (TPSA) is 96.4 Å². The third-order valence-corrected chi connectivity index (χ3v) is 6.85. The van der Waals surface area contributed by atoms with E-state index in [1.165, 1.54) is 0 Å². The number of benzene rings is 2. The molecule has 6 nitrogen and oxygen atoms in total. The zero-order valence-corrected chi connectivity index (χ0v) is 19.1. The number of carbonyl (C=O) groups excluding carboxylic acids is 2. The summed E-state index contributed by atoms with van der Waals surface area (Å²) in [5.74, 6) is -0.317. The van der Waals surface area contributed by atoms with Gasteiger partial charge in [0.05, 0.1) is 12.1 Å². The molecule has 7 heteroatoms. The number of allylic oxidation sites excluding steroid dienone is 1. The fourth-order valence-corrected chi connectivity index (χ4v) is 5.39. The van der Waals surface area contributed by atoms with Gasteiger partial charge in [-0.2, -0.15) is 5.26 Å². The van der Waals surface area contributed by atoms with E-state index in [0.29, 0.717) is 28.5 Å². The number of hydrogen-bond donors (Lipinski definition) is 1. The minimum Gasteiger partial charge on any atom is -0.444 e. The number of hydrogen-bond acceptors (Lipinski definition) is 5. The number of halogens is 1. The van der Waals surface area contributed by atoms with Crippen LogP contribution in [-0.2, 0) is 26.3 Å². The summed E-state index contributed by atoms with van der Waals surface area (Å²) in [7, 11) is 0. The lowest BCUT2D eigenvalue weighted by molar-refractivity contribution is -0.125. The maximum absolute atomic E-state index is 14.3. The van der Waals surface area contributed by atoms with Crippen LogP contribution in [0.3, 0.4) is 0 Å². The quantitative estimate of drug-likeness (QED) is 0.713. The van der Waals surface area contributed by atoms with Crippen molar-refractivity contribution >= 4 is 29.0 Å². The van der Waals surface area contributed by atoms with Gasteiger partial charge in [0.2, 0.25) is 11.8 Å². The minimum absolute atomic E-state index is 0.0367. The highest BCUT2D eigenvalue weighted by molar-refractivity contribution is 6.30. The molecule has 0 aromatic heterocycles. The van der Waals surface area contributed by atoms with E-state index in [9.17, 15) is 14.9 Å². The van der Waals surface area contributed by atoms with Crippen LogP contribution in [0.2, 0.25) is 5.02 Å². The van der Waals surface area contributed by atoms with Crippen molar-refractivity contribution in [2.24, 2.45) is 11.1 Å². The molecule has 2 aromatic rings. The highest BCUT2D eigenvalue weighted by Crippen LogP contribution is 2.57. The van der Waals surface area contributed by atoms with Gasteiger partial charge in [0.15, 0.2) is 5.78 Å². The zero-order valence-electron chi connectivity index (χ0n) is 18.3. The SMILES string of the molecule is CC1(C)CC(=O)C2=C(C1)OC(N)=C(C#N)[C@@]21C(=O)N(Cc2ccc(Cl)cc2)c2ccccc21. The number of ketones is 1. The number of Topliss-reactive ketones (excluding diaryl/α,β-unsaturated/α-hetero) is 1. The molecule has 33 heavy (non-hydrogen) atoms. The first-order chi connectivity index (χ1) is 15.7. The number of para-hydroxylation sites is 1. The maximum Gasteiger partial charge on any atom is 0.248 e. The molecule has 0 fully saturated rings. The van der Waals surface area contributed by atoms with Gasteiger partial charge < -0.3 is 15.4 Å². The third kappa shape index (κ3) is 3.00. The Bertz CT molecular complexity index is 1320. The number of anilines is 1. The number of rotatable bonds is 2. The highest BCUT2D eigenvalue weighted by atomic mass is 35.5. The molecule has 1 spiro atoms. The second-order valence-electron chi connectivity index (χ2n) is 9.48. The van der Waals surface area contributed by atoms with Gasteiger partial charge in [-0.15, -0.1) is 0 Å². The Morgan fingerprint density at radius 2 is 1.82 bits per heavy atom. The lowest BCUT2D eigenvalue weighted by Gasteiger charge is -2.41. The molecule has 0 saturated heterocycles. The first kappa shape index (κ1) is 21.3. The van der Waals surface area contributed by atoms with Crippen LogP contribution in [0.15, 0.2) is 71.3 Å². The predicted octanol–water partition coefficient (Wildman–Crippen LogP) is 4.49. The Morgan fingerprint density at radius 1 is 1.12 bits per heavy atom. The van der Waals surface area contributed by atoms with Crippen LogP contribution in [0, 0.1) is 16.7 Å². The van der Waals surface area contributed by atoms with Crippen LogP contribution < -0.4 is 10.6 Å². The van der Waals surface area contributed by atoms with Crippen molar-refractivity contribution in [2.75, 3.05) is 4.90 Å². The Morgan fingerprint density at radius 3 is 2.52 bits per heavy atom. The third-order valence-electron chi connectivity index (χ3n) is 6.60. The van der Waals surface area contributed by atoms with Gasteiger partial charge in [-0.05, 0) is 29.2 Å². The molecule has 3 aliphatic rings. The molecule has 2 heterocycles. The number of nitrogens with zero attached hydrogens (tertiary/aromatic N) is 2. The summed E-state index contributed by atoms with van der Waals surface area (Å²) < 4.78 is 5.82. The smallest absolute Gasteiger partial charge is 0.248 e. The number of amides is 1. The summed E-state index contributed by atoms with van der Waals surface area (Å²) in [5, 5.41) is 10.7. The van der Waals surface area contributed by atoms with Gasteiger partial charge >= 0.3 is 0 Å². The molecule has 1 atom stereocenters. The first-order valence-electron chi connectivity index (χ1n) is 10.7. The molecule has 0 radical (unpaired) electrons. The van der Waals surface area contributed by atoms with Gasteiger partial charge in [0.25, 0.3) is 0 Å². The largest absolute Gasteiger partial charge is 0.444 e. The summed E-state index contributed by atoms with van der Waals surface area (Å²) >= 11 is 6.03. The lowest BCUT2D eigenvalue weighted by atomic mass is 9.62. The Hall–Kier alpha value is -3.56. The number of fused-ring (bicyclic) bond motifs is 3. The Labute approximate surface area is 196 Å². The van der Waals surface area contributed by atoms with Crippen molar-refractivity contribution in [3.05, 3.63) is 87.5 Å². The Balaban J connectivity index is 1.76. The van der Waals surface area contributed by atoms with Crippen molar-refractivity contribution < 1.29 is 14.3 Å². The lowest BCUT2D eigenvalue weighted by Crippen LogP contribution is -2.50. The van der Waals surface area contributed by atoms with E-state index in [2.05, 4.69) is 6.07 Å². The van der Waals surface area contributed by atoms with Crippen molar-refractivity contribution in [3.8, 4) is 6.07 Å². The van der Waals surface area contributed by atoms with Crippen LogP contribution in [0.25, 0.3) is 0 Å². The van der Waals surface area contributed by atoms with E-state index in [1.54, 1.807) is 29.2 Å². The molecule has 0 unspecified atom stereocenters. The van der Waals surface area contributed by atoms with E-state index < -0.39 is 5.41 Å². The highest BCUT2D eigenvalue weighted by Gasteiger charge is 2.62. The monoisotopic (exact) mass is 459 g/mol. The van der Waals surface area contributed by atoms with Gasteiger partial charge in [0, 0.05) is 29.1 Å². The van der Waals surface area contributed by atoms with E-state index in [1.807, 2.05) is 38.1 Å². The molecule has 1 aliphatic carbocycles. The second-order valence-corrected chi connectivity index (χ2v) is 9.91. The molecule has 1 amide bonds. The second kappa shape index (κ2) is 7.23. The van der Waals surface area contributed by atoms with Crippen LogP contribution >= 0.6 is 11.6 Å². The fourth-order valence-electron chi connectivity index (χ4n) is 5.27. The minimum atomic E-state index is -1.61. The van der Waals surface area contributed by atoms with Crippen LogP contribution in [0.4, 0.5) is 5.69 Å². The summed E-state index contributed by atoms with van der Waals surface area (Å²) in [6, 6.07) is 16.6. The van der Waals surface area contributed by atoms with E-state index in [0.717, 1.165) is 5.56 Å². The van der Waals surface area contributed by atoms with Crippen molar-refractivity contribution in [2.45, 2.75) is 38.6 Å². The summed E-state index contributed by atoms with van der Waals surface area (Å²) in [5.41, 5.74) is 6.56. The molecule has 166 valence electrons. The molecule has 0 saturated carbocycles. The summed E-state index contributed by atoms with van der Waals surface area (Å²) in [4.78, 5) is 29.5. The fraction of sp³-hybridized carbons (Fsp3) is 0.269. The standard InChI is InChI=1S/C26H22ClN3O3/c1-25(2)11-20(31)22-21(12-25)33-23(29)18(13-28)26(22)17-5-3-4-6-19(17)30(24(26)32)14-15-7-9-16(27)10-8-15/h3-10H,11-12,14,29H2,1-2H3/t26-/m1/s1. The van der Waals surface area contributed by atoms with Crippen LogP contribution in [-0.4, -0.2) is 11.7 Å². The molecule has 2 aromatic carbocycles. The average Bonchev–Trinajstić information content (AvgIpc) is 2.98. The number of nitrogens with two attached hydrogens (primary N) is 1. The average molecular weight is 460 g/mol. The van der Waals surface area contributed by atoms with Crippen molar-refractivity contribution in [1.82, 2.24) is 0 Å². The van der Waals surface area contributed by atoms with E-state index >= 15 is 0 Å². The van der Waals surface area contributed by atoms with Crippen LogP contribution in [0.1, 0.15) is 37.8 Å². The summed E-state index contributed by atoms with van der Waals surface area (Å²) in [6.45, 7) is 4.21. The van der Waals surface area contributed by atoms with Gasteiger partial charge in [-0.1, -0.05) is 55.8 Å². The number of ether oxygens (including phenoxy) is 1. The molecular formula is C26H22ClN3O3. The number of nitriles is 1. The normalized spacial score (nSPS) is 23.4. The molecule has 0 bridgehead atoms. The van der Waals surface area contributed by atoms with Crippen LogP contribution in [0.5, 0.6) is 0 Å². The van der Waals surface area contributed by atoms with Crippen molar-refractivity contribution in [3.63, 3.8) is 0 Å². The van der Waals surface area contributed by atoms with E-state index in [4.69, 9.17) is 22.1 Å². The summed E-state index contributed by atoms with van der Waals surface area (Å²) in [6.07, 6.45) is 0.698. The Kier molecular flexibility index (Phi) is 4.66. The van der Waals surface area contributed by atoms with Gasteiger partial charge in [-0.25, -0.2) is 0 Å². The predicted molar refractivity (Wildman–Crippen MR) is 124 cm³/mol. The van der Waals surface area contributed by atoms with E-state index in [-0.39, 0.29) is 47.1 Å². The number of carbonyl (C=O) groups is 2. The molecule has 5 rings (SSSR count). The maximum atomic E-state index is 14.3. The molecular weight excluding hydrogens is 438 g/mol. The van der Waals surface area contributed by atoms with Crippen molar-refractivity contribution in [1.29, 1.82) is 5.26 Å².